The first-order valence-corrected chi connectivity index (χ1v) is 4.81. The number of aryl methyl sites for hydroxylation is 1. The zero-order chi connectivity index (χ0) is 11.7. The SMILES string of the molecule is CN(CC#N)c1ccc2oc(=O)n(C)c2c1. The maximum Gasteiger partial charge on any atom is 0.419 e. The molecule has 0 aliphatic carbocycles. The lowest BCUT2D eigenvalue weighted by Crippen LogP contribution is -2.16. The van der Waals surface area contributed by atoms with E-state index >= 15 is 0 Å². The average molecular weight is 217 g/mol. The van der Waals surface area contributed by atoms with E-state index in [-0.39, 0.29) is 5.76 Å². The van der Waals surface area contributed by atoms with Crippen LogP contribution in [0, 0.1) is 11.3 Å². The van der Waals surface area contributed by atoms with Gasteiger partial charge in [0.25, 0.3) is 0 Å². The molecule has 0 fully saturated rings. The molecular formula is C11H11N3O2. The summed E-state index contributed by atoms with van der Waals surface area (Å²) in [5.74, 6) is -0.380. The van der Waals surface area contributed by atoms with Crippen molar-refractivity contribution in [3.05, 3.63) is 28.7 Å². The Kier molecular flexibility index (Phi) is 2.41. The van der Waals surface area contributed by atoms with Crippen LogP contribution in [0.2, 0.25) is 0 Å². The van der Waals surface area contributed by atoms with E-state index in [4.69, 9.17) is 9.68 Å². The molecule has 0 amide bonds. The minimum Gasteiger partial charge on any atom is -0.408 e. The van der Waals surface area contributed by atoms with Crippen LogP contribution in [-0.4, -0.2) is 18.2 Å². The van der Waals surface area contributed by atoms with Crippen LogP contribution in [-0.2, 0) is 7.05 Å². The van der Waals surface area contributed by atoms with Crippen molar-refractivity contribution in [1.82, 2.24) is 4.57 Å². The quantitative estimate of drug-likeness (QED) is 0.706. The van der Waals surface area contributed by atoms with Crippen molar-refractivity contribution < 1.29 is 4.42 Å². The number of oxazole rings is 1. The van der Waals surface area contributed by atoms with Crippen LogP contribution in [0.5, 0.6) is 0 Å². The molecule has 0 N–H and O–H groups in total. The van der Waals surface area contributed by atoms with E-state index in [1.165, 1.54) is 4.57 Å². The Morgan fingerprint density at radius 1 is 1.56 bits per heavy atom. The van der Waals surface area contributed by atoms with Crippen molar-refractivity contribution in [1.29, 1.82) is 5.26 Å². The van der Waals surface area contributed by atoms with Gasteiger partial charge in [-0.1, -0.05) is 0 Å². The topological polar surface area (TPSA) is 62.2 Å². The predicted octanol–water partition coefficient (Wildman–Crippen LogP) is 1.09. The number of anilines is 1. The van der Waals surface area contributed by atoms with Gasteiger partial charge in [0.15, 0.2) is 5.58 Å². The molecule has 0 aliphatic rings. The van der Waals surface area contributed by atoms with E-state index in [1.807, 2.05) is 19.2 Å². The molecule has 82 valence electrons. The number of rotatable bonds is 2. The summed E-state index contributed by atoms with van der Waals surface area (Å²) in [5.41, 5.74) is 2.17. The van der Waals surface area contributed by atoms with Crippen LogP contribution >= 0.6 is 0 Å². The van der Waals surface area contributed by atoms with Gasteiger partial charge in [0, 0.05) is 19.8 Å². The Bertz CT molecular complexity index is 618. The van der Waals surface area contributed by atoms with Gasteiger partial charge in [0.1, 0.15) is 6.54 Å². The van der Waals surface area contributed by atoms with Crippen molar-refractivity contribution in [2.75, 3.05) is 18.5 Å². The molecule has 1 aromatic carbocycles. The standard InChI is InChI=1S/C11H11N3O2/c1-13(6-5-12)8-3-4-10-9(7-8)14(2)11(15)16-10/h3-4,7H,6H2,1-2H3. The molecule has 0 unspecified atom stereocenters. The van der Waals surface area contributed by atoms with Gasteiger partial charge in [-0.3, -0.25) is 4.57 Å². The lowest BCUT2D eigenvalue weighted by Gasteiger charge is -2.14. The molecule has 2 rings (SSSR count). The fourth-order valence-corrected chi connectivity index (χ4v) is 1.55. The fourth-order valence-electron chi connectivity index (χ4n) is 1.55. The van der Waals surface area contributed by atoms with Gasteiger partial charge in [0.2, 0.25) is 0 Å². The van der Waals surface area contributed by atoms with Gasteiger partial charge >= 0.3 is 5.76 Å². The molecule has 1 aromatic heterocycles. The number of nitriles is 1. The number of benzene rings is 1. The highest BCUT2D eigenvalue weighted by Crippen LogP contribution is 2.19. The number of aromatic nitrogens is 1. The highest BCUT2D eigenvalue weighted by Gasteiger charge is 2.08. The number of hydrogen-bond acceptors (Lipinski definition) is 4. The molecule has 0 aliphatic heterocycles. The van der Waals surface area contributed by atoms with E-state index in [9.17, 15) is 4.79 Å². The van der Waals surface area contributed by atoms with Gasteiger partial charge < -0.3 is 9.32 Å². The second-order valence-electron chi connectivity index (χ2n) is 3.59. The highest BCUT2D eigenvalue weighted by atomic mass is 16.4. The van der Waals surface area contributed by atoms with Crippen LogP contribution in [0.15, 0.2) is 27.4 Å². The Labute approximate surface area is 92.1 Å². The predicted molar refractivity (Wildman–Crippen MR) is 60.3 cm³/mol. The first-order chi connectivity index (χ1) is 7.63. The van der Waals surface area contributed by atoms with Crippen LogP contribution in [0.4, 0.5) is 5.69 Å². The lowest BCUT2D eigenvalue weighted by atomic mass is 10.2. The lowest BCUT2D eigenvalue weighted by molar-refractivity contribution is 0.528. The van der Waals surface area contributed by atoms with Gasteiger partial charge in [-0.15, -0.1) is 0 Å². The zero-order valence-electron chi connectivity index (χ0n) is 9.10. The molecule has 2 aromatic rings. The highest BCUT2D eigenvalue weighted by molar-refractivity contribution is 5.77. The molecule has 0 saturated heterocycles. The summed E-state index contributed by atoms with van der Waals surface area (Å²) < 4.78 is 6.46. The maximum absolute atomic E-state index is 11.3. The number of fused-ring (bicyclic) bond motifs is 1. The summed E-state index contributed by atoms with van der Waals surface area (Å²) in [4.78, 5) is 13.1. The van der Waals surface area contributed by atoms with Crippen molar-refractivity contribution in [3.8, 4) is 6.07 Å². The Morgan fingerprint density at radius 2 is 2.31 bits per heavy atom. The maximum atomic E-state index is 11.3. The minimum atomic E-state index is -0.380. The Morgan fingerprint density at radius 3 is 3.00 bits per heavy atom. The molecule has 5 nitrogen and oxygen atoms in total. The molecule has 0 bridgehead atoms. The Balaban J connectivity index is 2.55. The molecular weight excluding hydrogens is 206 g/mol. The summed E-state index contributed by atoms with van der Waals surface area (Å²) in [6, 6.07) is 7.46. The van der Waals surface area contributed by atoms with Crippen LogP contribution in [0.3, 0.4) is 0 Å². The molecule has 5 heteroatoms. The summed E-state index contributed by atoms with van der Waals surface area (Å²) in [6.07, 6.45) is 0. The van der Waals surface area contributed by atoms with Crippen molar-refractivity contribution >= 4 is 16.8 Å². The third kappa shape index (κ3) is 1.54. The van der Waals surface area contributed by atoms with Gasteiger partial charge in [-0.05, 0) is 18.2 Å². The first-order valence-electron chi connectivity index (χ1n) is 4.81. The second kappa shape index (κ2) is 3.74. The van der Waals surface area contributed by atoms with Crippen molar-refractivity contribution in [2.24, 2.45) is 7.05 Å². The van der Waals surface area contributed by atoms with E-state index < -0.39 is 0 Å². The Hall–Kier alpha value is -2.22. The zero-order valence-corrected chi connectivity index (χ0v) is 9.10. The van der Waals surface area contributed by atoms with Crippen molar-refractivity contribution in [3.63, 3.8) is 0 Å². The second-order valence-corrected chi connectivity index (χ2v) is 3.59. The van der Waals surface area contributed by atoms with E-state index in [1.54, 1.807) is 18.0 Å². The molecule has 0 saturated carbocycles. The molecule has 0 spiro atoms. The monoisotopic (exact) mass is 217 g/mol. The van der Waals surface area contributed by atoms with Gasteiger partial charge in [-0.25, -0.2) is 4.79 Å². The van der Waals surface area contributed by atoms with E-state index in [0.717, 1.165) is 11.2 Å². The normalized spacial score (nSPS) is 10.3. The number of nitrogens with zero attached hydrogens (tertiary/aromatic N) is 3. The average Bonchev–Trinajstić information content (AvgIpc) is 2.55. The smallest absolute Gasteiger partial charge is 0.408 e. The third-order valence-electron chi connectivity index (χ3n) is 2.52. The van der Waals surface area contributed by atoms with Gasteiger partial charge in [-0.2, -0.15) is 5.26 Å². The van der Waals surface area contributed by atoms with Crippen molar-refractivity contribution in [2.45, 2.75) is 0 Å². The largest absolute Gasteiger partial charge is 0.419 e. The van der Waals surface area contributed by atoms with E-state index in [2.05, 4.69) is 6.07 Å². The minimum absolute atomic E-state index is 0.303. The summed E-state index contributed by atoms with van der Waals surface area (Å²) in [5, 5.41) is 8.60. The molecule has 0 atom stereocenters. The van der Waals surface area contributed by atoms with Crippen LogP contribution in [0.25, 0.3) is 11.1 Å². The number of hydrogen-bond donors (Lipinski definition) is 0. The fraction of sp³-hybridized carbons (Fsp3) is 0.273. The van der Waals surface area contributed by atoms with Gasteiger partial charge in [0.05, 0.1) is 11.6 Å². The van der Waals surface area contributed by atoms with E-state index in [0.29, 0.717) is 12.1 Å². The third-order valence-corrected chi connectivity index (χ3v) is 2.52. The summed E-state index contributed by atoms with van der Waals surface area (Å²) in [7, 11) is 3.48. The first kappa shape index (κ1) is 10.3. The summed E-state index contributed by atoms with van der Waals surface area (Å²) in [6.45, 7) is 0.303. The van der Waals surface area contributed by atoms with Crippen LogP contribution < -0.4 is 10.7 Å². The molecule has 1 heterocycles. The summed E-state index contributed by atoms with van der Waals surface area (Å²) >= 11 is 0. The van der Waals surface area contributed by atoms with Crippen LogP contribution in [0.1, 0.15) is 0 Å². The molecule has 0 radical (unpaired) electrons. The molecule has 16 heavy (non-hydrogen) atoms.